The Balaban J connectivity index is 2.00. The third-order valence-corrected chi connectivity index (χ3v) is 3.42. The predicted octanol–water partition coefficient (Wildman–Crippen LogP) is 4.06. The molecule has 0 fully saturated rings. The van der Waals surface area contributed by atoms with Gasteiger partial charge in [0.2, 0.25) is 0 Å². The van der Waals surface area contributed by atoms with Crippen molar-refractivity contribution in [3.05, 3.63) is 64.7 Å². The third-order valence-electron chi connectivity index (χ3n) is 3.42. The van der Waals surface area contributed by atoms with E-state index in [2.05, 4.69) is 61.6 Å². The summed E-state index contributed by atoms with van der Waals surface area (Å²) in [4.78, 5) is 0. The Kier molecular flexibility index (Phi) is 4.58. The monoisotopic (exact) mass is 255 g/mol. The van der Waals surface area contributed by atoms with Crippen LogP contribution in [-0.4, -0.2) is 7.11 Å². The van der Waals surface area contributed by atoms with Crippen molar-refractivity contribution < 1.29 is 4.74 Å². The van der Waals surface area contributed by atoms with E-state index in [1.807, 2.05) is 0 Å². The molecule has 0 spiro atoms. The molecule has 2 nitrogen and oxygen atoms in total. The molecule has 0 unspecified atom stereocenters. The zero-order valence-electron chi connectivity index (χ0n) is 11.9. The van der Waals surface area contributed by atoms with E-state index in [0.717, 1.165) is 6.54 Å². The minimum absolute atomic E-state index is 0.671. The van der Waals surface area contributed by atoms with Crippen LogP contribution in [0.25, 0.3) is 0 Å². The van der Waals surface area contributed by atoms with Crippen LogP contribution in [0.15, 0.2) is 42.5 Å². The van der Waals surface area contributed by atoms with Gasteiger partial charge in [0.15, 0.2) is 0 Å². The molecule has 0 aliphatic heterocycles. The number of ether oxygens (including phenoxy) is 1. The fourth-order valence-electron chi connectivity index (χ4n) is 2.06. The lowest BCUT2D eigenvalue weighted by Crippen LogP contribution is -2.02. The van der Waals surface area contributed by atoms with E-state index in [-0.39, 0.29) is 0 Å². The minimum atomic E-state index is 0.671. The Morgan fingerprint density at radius 3 is 2.32 bits per heavy atom. The maximum Gasteiger partial charge on any atom is 0.0713 e. The van der Waals surface area contributed by atoms with Crippen LogP contribution < -0.4 is 5.32 Å². The SMILES string of the molecule is COCc1ccc(CNc2cccc(C)c2C)cc1. The molecular weight excluding hydrogens is 234 g/mol. The number of nitrogens with one attached hydrogen (secondary N) is 1. The van der Waals surface area contributed by atoms with E-state index < -0.39 is 0 Å². The van der Waals surface area contributed by atoms with Crippen molar-refractivity contribution in [2.24, 2.45) is 0 Å². The lowest BCUT2D eigenvalue weighted by molar-refractivity contribution is 0.185. The Hall–Kier alpha value is -1.80. The van der Waals surface area contributed by atoms with Gasteiger partial charge in [-0.15, -0.1) is 0 Å². The van der Waals surface area contributed by atoms with Crippen LogP contribution in [0.2, 0.25) is 0 Å². The van der Waals surface area contributed by atoms with E-state index in [1.54, 1.807) is 7.11 Å². The fourth-order valence-corrected chi connectivity index (χ4v) is 2.06. The Labute approximate surface area is 115 Å². The summed E-state index contributed by atoms with van der Waals surface area (Å²) in [5.41, 5.74) is 6.33. The first kappa shape index (κ1) is 13.6. The molecule has 2 heteroatoms. The second-order valence-corrected chi connectivity index (χ2v) is 4.85. The molecule has 0 amide bonds. The molecular formula is C17H21NO. The predicted molar refractivity (Wildman–Crippen MR) is 80.4 cm³/mol. The number of methoxy groups -OCH3 is 1. The zero-order valence-corrected chi connectivity index (χ0v) is 11.9. The van der Waals surface area contributed by atoms with E-state index in [1.165, 1.54) is 27.9 Å². The molecule has 0 bridgehead atoms. The molecule has 2 aromatic carbocycles. The maximum atomic E-state index is 5.11. The lowest BCUT2D eigenvalue weighted by Gasteiger charge is -2.11. The van der Waals surface area contributed by atoms with Gasteiger partial charge >= 0.3 is 0 Å². The summed E-state index contributed by atoms with van der Waals surface area (Å²) >= 11 is 0. The van der Waals surface area contributed by atoms with Crippen LogP contribution in [0.1, 0.15) is 22.3 Å². The number of aryl methyl sites for hydroxylation is 1. The van der Waals surface area contributed by atoms with Crippen LogP contribution in [0, 0.1) is 13.8 Å². The van der Waals surface area contributed by atoms with Gasteiger partial charge in [0.25, 0.3) is 0 Å². The molecule has 0 atom stereocenters. The van der Waals surface area contributed by atoms with Gasteiger partial charge in [0.05, 0.1) is 6.61 Å². The van der Waals surface area contributed by atoms with Gasteiger partial charge in [-0.3, -0.25) is 0 Å². The Morgan fingerprint density at radius 2 is 1.63 bits per heavy atom. The van der Waals surface area contributed by atoms with Crippen LogP contribution in [-0.2, 0) is 17.9 Å². The highest BCUT2D eigenvalue weighted by atomic mass is 16.5. The second-order valence-electron chi connectivity index (χ2n) is 4.85. The van der Waals surface area contributed by atoms with Crippen LogP contribution in [0.5, 0.6) is 0 Å². The summed E-state index contributed by atoms with van der Waals surface area (Å²) < 4.78 is 5.11. The van der Waals surface area contributed by atoms with Crippen molar-refractivity contribution in [1.29, 1.82) is 0 Å². The van der Waals surface area contributed by atoms with Gasteiger partial charge in [0.1, 0.15) is 0 Å². The van der Waals surface area contributed by atoms with Crippen LogP contribution >= 0.6 is 0 Å². The molecule has 0 saturated carbocycles. The normalized spacial score (nSPS) is 10.5. The van der Waals surface area contributed by atoms with Crippen molar-refractivity contribution in [3.8, 4) is 0 Å². The summed E-state index contributed by atoms with van der Waals surface area (Å²) in [6.45, 7) is 5.81. The first-order chi connectivity index (χ1) is 9.20. The first-order valence-electron chi connectivity index (χ1n) is 6.57. The number of benzene rings is 2. The van der Waals surface area contributed by atoms with Crippen LogP contribution in [0.3, 0.4) is 0 Å². The summed E-state index contributed by atoms with van der Waals surface area (Å²) in [6.07, 6.45) is 0. The molecule has 19 heavy (non-hydrogen) atoms. The Morgan fingerprint density at radius 1 is 0.947 bits per heavy atom. The summed E-state index contributed by atoms with van der Waals surface area (Å²) in [5, 5.41) is 3.49. The largest absolute Gasteiger partial charge is 0.381 e. The Bertz CT molecular complexity index is 531. The molecule has 0 aliphatic carbocycles. The topological polar surface area (TPSA) is 21.3 Å². The lowest BCUT2D eigenvalue weighted by atomic mass is 10.1. The van der Waals surface area contributed by atoms with Crippen molar-refractivity contribution in [1.82, 2.24) is 0 Å². The van der Waals surface area contributed by atoms with Gasteiger partial charge in [-0.1, -0.05) is 36.4 Å². The molecule has 1 N–H and O–H groups in total. The summed E-state index contributed by atoms with van der Waals surface area (Å²) in [6, 6.07) is 14.9. The number of hydrogen-bond donors (Lipinski definition) is 1. The van der Waals surface area contributed by atoms with Crippen LogP contribution in [0.4, 0.5) is 5.69 Å². The van der Waals surface area contributed by atoms with Gasteiger partial charge in [-0.25, -0.2) is 0 Å². The molecule has 2 aromatic rings. The van der Waals surface area contributed by atoms with Gasteiger partial charge in [0, 0.05) is 19.3 Å². The zero-order chi connectivity index (χ0) is 13.7. The first-order valence-corrected chi connectivity index (χ1v) is 6.57. The molecule has 0 saturated heterocycles. The standard InChI is InChI=1S/C17H21NO/c1-13-5-4-6-17(14(13)2)18-11-15-7-9-16(10-8-15)12-19-3/h4-10,18H,11-12H2,1-3H3. The quantitative estimate of drug-likeness (QED) is 0.870. The van der Waals surface area contributed by atoms with E-state index in [9.17, 15) is 0 Å². The molecule has 0 aromatic heterocycles. The van der Waals surface area contributed by atoms with Gasteiger partial charge in [-0.2, -0.15) is 0 Å². The highest BCUT2D eigenvalue weighted by Gasteiger charge is 2.00. The second kappa shape index (κ2) is 6.39. The summed E-state index contributed by atoms with van der Waals surface area (Å²) in [7, 11) is 1.72. The highest BCUT2D eigenvalue weighted by molar-refractivity contribution is 5.53. The van der Waals surface area contributed by atoms with Crippen molar-refractivity contribution in [2.75, 3.05) is 12.4 Å². The van der Waals surface area contributed by atoms with Gasteiger partial charge < -0.3 is 10.1 Å². The van der Waals surface area contributed by atoms with Crippen molar-refractivity contribution in [3.63, 3.8) is 0 Å². The summed E-state index contributed by atoms with van der Waals surface area (Å²) in [5.74, 6) is 0. The van der Waals surface area contributed by atoms with Gasteiger partial charge in [-0.05, 0) is 42.2 Å². The molecule has 0 aliphatic rings. The van der Waals surface area contributed by atoms with E-state index in [4.69, 9.17) is 4.74 Å². The van der Waals surface area contributed by atoms with E-state index >= 15 is 0 Å². The molecule has 2 rings (SSSR count). The van der Waals surface area contributed by atoms with Crippen molar-refractivity contribution in [2.45, 2.75) is 27.0 Å². The molecule has 0 heterocycles. The third kappa shape index (κ3) is 3.58. The average Bonchev–Trinajstić information content (AvgIpc) is 2.42. The van der Waals surface area contributed by atoms with E-state index in [0.29, 0.717) is 6.61 Å². The number of anilines is 1. The van der Waals surface area contributed by atoms with Crippen molar-refractivity contribution >= 4 is 5.69 Å². The molecule has 100 valence electrons. The maximum absolute atomic E-state index is 5.11. The number of hydrogen-bond acceptors (Lipinski definition) is 2. The highest BCUT2D eigenvalue weighted by Crippen LogP contribution is 2.18. The number of rotatable bonds is 5. The average molecular weight is 255 g/mol. The fraction of sp³-hybridized carbons (Fsp3) is 0.294. The molecule has 0 radical (unpaired) electrons. The minimum Gasteiger partial charge on any atom is -0.381 e. The smallest absolute Gasteiger partial charge is 0.0713 e.